The number of thioether (sulfide) groups is 1. The molecule has 0 aliphatic heterocycles. The van der Waals surface area contributed by atoms with Gasteiger partial charge in [0.15, 0.2) is 0 Å². The molecule has 0 saturated heterocycles. The van der Waals surface area contributed by atoms with Gasteiger partial charge in [0, 0.05) is 22.8 Å². The fraction of sp³-hybridized carbons (Fsp3) is 0.800. The Balaban J connectivity index is 1.89. The first kappa shape index (κ1) is 11.2. The fourth-order valence-corrected chi connectivity index (χ4v) is 3.48. The van der Waals surface area contributed by atoms with Crippen LogP contribution in [0, 0.1) is 0 Å². The van der Waals surface area contributed by atoms with E-state index in [4.69, 9.17) is 0 Å². The highest BCUT2D eigenvalue weighted by Crippen LogP contribution is 2.38. The van der Waals surface area contributed by atoms with E-state index in [-0.39, 0.29) is 0 Å². The highest BCUT2D eigenvalue weighted by molar-refractivity contribution is 8.00. The molecule has 1 N–H and O–H groups in total. The molecular weight excluding hydrogens is 226 g/mol. The van der Waals surface area contributed by atoms with Crippen molar-refractivity contribution >= 4 is 28.4 Å². The van der Waals surface area contributed by atoms with E-state index in [1.54, 1.807) is 6.33 Å². The lowest BCUT2D eigenvalue weighted by Crippen LogP contribution is -2.35. The summed E-state index contributed by atoms with van der Waals surface area (Å²) in [6.45, 7) is 1.03. The van der Waals surface area contributed by atoms with E-state index in [1.165, 1.54) is 43.6 Å². The van der Waals surface area contributed by atoms with Crippen molar-refractivity contribution in [3.63, 3.8) is 0 Å². The lowest BCUT2D eigenvalue weighted by molar-refractivity contribution is 0.411. The molecule has 15 heavy (non-hydrogen) atoms. The molecule has 5 heteroatoms. The molecule has 1 aliphatic rings. The third kappa shape index (κ3) is 2.84. The molecule has 1 fully saturated rings. The molecule has 84 valence electrons. The molecule has 0 amide bonds. The zero-order chi connectivity index (χ0) is 10.6. The molecule has 0 bridgehead atoms. The summed E-state index contributed by atoms with van der Waals surface area (Å²) in [5, 5.41) is 4.36. The quantitative estimate of drug-likeness (QED) is 0.882. The molecule has 0 atom stereocenters. The number of nitrogens with zero attached hydrogens (tertiary/aromatic N) is 2. The third-order valence-electron chi connectivity index (χ3n) is 3.12. The number of hydrogen-bond donors (Lipinski definition) is 1. The van der Waals surface area contributed by atoms with Crippen molar-refractivity contribution in [2.75, 3.05) is 18.1 Å². The first-order valence-corrected chi connectivity index (χ1v) is 7.40. The Kier molecular flexibility index (Phi) is 3.86. The molecule has 3 nitrogen and oxygen atoms in total. The molecule has 0 aromatic carbocycles. The summed E-state index contributed by atoms with van der Waals surface area (Å²) in [6, 6.07) is 0. The zero-order valence-corrected chi connectivity index (χ0v) is 10.7. The van der Waals surface area contributed by atoms with Crippen molar-refractivity contribution < 1.29 is 0 Å². The van der Waals surface area contributed by atoms with Gasteiger partial charge in [0.05, 0.1) is 0 Å². The smallest absolute Gasteiger partial charge is 0.202 e. The minimum atomic E-state index is 0.434. The van der Waals surface area contributed by atoms with Gasteiger partial charge in [0.2, 0.25) is 5.13 Å². The maximum absolute atomic E-state index is 4.15. The lowest BCUT2D eigenvalue weighted by Gasteiger charge is -2.35. The van der Waals surface area contributed by atoms with Crippen LogP contribution in [0.1, 0.15) is 32.1 Å². The van der Waals surface area contributed by atoms with Gasteiger partial charge in [-0.2, -0.15) is 16.1 Å². The van der Waals surface area contributed by atoms with E-state index in [0.717, 1.165) is 11.7 Å². The van der Waals surface area contributed by atoms with Crippen LogP contribution in [0.25, 0.3) is 0 Å². The first-order valence-electron chi connectivity index (χ1n) is 5.40. The normalized spacial score (nSPS) is 20.1. The summed E-state index contributed by atoms with van der Waals surface area (Å²) in [5.41, 5.74) is 0. The SMILES string of the molecule is CSC1(CNc2ncns2)CCCCC1. The first-order chi connectivity index (χ1) is 7.35. The molecule has 1 aromatic heterocycles. The number of nitrogens with one attached hydrogen (secondary N) is 1. The molecule has 1 aliphatic carbocycles. The van der Waals surface area contributed by atoms with Crippen LogP contribution in [0.2, 0.25) is 0 Å². The van der Waals surface area contributed by atoms with Gasteiger partial charge in [-0.05, 0) is 19.1 Å². The van der Waals surface area contributed by atoms with E-state index in [9.17, 15) is 0 Å². The van der Waals surface area contributed by atoms with Crippen LogP contribution in [-0.4, -0.2) is 26.9 Å². The maximum Gasteiger partial charge on any atom is 0.202 e. The second kappa shape index (κ2) is 5.16. The van der Waals surface area contributed by atoms with Crippen LogP contribution in [0.3, 0.4) is 0 Å². The topological polar surface area (TPSA) is 37.8 Å². The van der Waals surface area contributed by atoms with Crippen molar-refractivity contribution in [3.05, 3.63) is 6.33 Å². The van der Waals surface area contributed by atoms with E-state index < -0.39 is 0 Å². The Hall–Kier alpha value is -0.290. The average Bonchev–Trinajstić information content (AvgIpc) is 2.81. The summed E-state index contributed by atoms with van der Waals surface area (Å²) in [7, 11) is 0. The third-order valence-corrected chi connectivity index (χ3v) is 5.16. The Morgan fingerprint density at radius 2 is 2.27 bits per heavy atom. The molecule has 1 saturated carbocycles. The Bertz CT molecular complexity index is 281. The van der Waals surface area contributed by atoms with Gasteiger partial charge in [0.25, 0.3) is 0 Å². The average molecular weight is 243 g/mol. The van der Waals surface area contributed by atoms with Crippen molar-refractivity contribution in [1.29, 1.82) is 0 Å². The van der Waals surface area contributed by atoms with E-state index >= 15 is 0 Å². The predicted octanol–water partition coefficient (Wildman–Crippen LogP) is 3.02. The van der Waals surface area contributed by atoms with Crippen LogP contribution in [0.5, 0.6) is 0 Å². The summed E-state index contributed by atoms with van der Waals surface area (Å²) in [6.07, 6.45) is 10.7. The van der Waals surface area contributed by atoms with Crippen molar-refractivity contribution in [1.82, 2.24) is 9.36 Å². The van der Waals surface area contributed by atoms with Crippen LogP contribution < -0.4 is 5.32 Å². The van der Waals surface area contributed by atoms with Gasteiger partial charge >= 0.3 is 0 Å². The molecule has 0 radical (unpaired) electrons. The number of anilines is 1. The van der Waals surface area contributed by atoms with Gasteiger partial charge in [-0.3, -0.25) is 0 Å². The monoisotopic (exact) mass is 243 g/mol. The lowest BCUT2D eigenvalue weighted by atomic mass is 9.88. The summed E-state index contributed by atoms with van der Waals surface area (Å²) >= 11 is 3.45. The van der Waals surface area contributed by atoms with E-state index in [0.29, 0.717) is 4.75 Å². The standard InChI is InChI=1S/C10H17N3S2/c1-14-10(5-3-2-4-6-10)7-11-9-12-8-13-15-9/h8H,2-7H2,1H3,(H,11,12,13). The number of rotatable bonds is 4. The van der Waals surface area contributed by atoms with Gasteiger partial charge in [0.1, 0.15) is 6.33 Å². The summed E-state index contributed by atoms with van der Waals surface area (Å²) in [4.78, 5) is 4.15. The van der Waals surface area contributed by atoms with Gasteiger partial charge in [-0.15, -0.1) is 0 Å². The van der Waals surface area contributed by atoms with E-state index in [2.05, 4.69) is 20.9 Å². The summed E-state index contributed by atoms with van der Waals surface area (Å²) in [5.74, 6) is 0. The fourth-order valence-electron chi connectivity index (χ4n) is 2.14. The molecular formula is C10H17N3S2. The van der Waals surface area contributed by atoms with E-state index in [1.807, 2.05) is 11.8 Å². The molecule has 0 unspecified atom stereocenters. The second-order valence-corrected chi connectivity index (χ2v) is 6.10. The number of hydrogen-bond acceptors (Lipinski definition) is 5. The number of aromatic nitrogens is 2. The molecule has 1 heterocycles. The van der Waals surface area contributed by atoms with Gasteiger partial charge in [-0.25, -0.2) is 4.98 Å². The highest BCUT2D eigenvalue weighted by Gasteiger charge is 2.30. The van der Waals surface area contributed by atoms with Gasteiger partial charge < -0.3 is 5.32 Å². The second-order valence-electron chi connectivity index (χ2n) is 4.05. The van der Waals surface area contributed by atoms with Crippen molar-refractivity contribution in [2.24, 2.45) is 0 Å². The molecule has 2 rings (SSSR count). The predicted molar refractivity (Wildman–Crippen MR) is 67.7 cm³/mol. The minimum absolute atomic E-state index is 0.434. The highest BCUT2D eigenvalue weighted by atomic mass is 32.2. The zero-order valence-electron chi connectivity index (χ0n) is 9.03. The minimum Gasteiger partial charge on any atom is -0.359 e. The Morgan fingerprint density at radius 3 is 2.87 bits per heavy atom. The van der Waals surface area contributed by atoms with Crippen LogP contribution in [0.15, 0.2) is 6.33 Å². The Labute approximate surface area is 99.2 Å². The van der Waals surface area contributed by atoms with Gasteiger partial charge in [-0.1, -0.05) is 19.3 Å². The van der Waals surface area contributed by atoms with Crippen molar-refractivity contribution in [3.8, 4) is 0 Å². The molecule has 1 aromatic rings. The largest absolute Gasteiger partial charge is 0.359 e. The van der Waals surface area contributed by atoms with Crippen LogP contribution in [-0.2, 0) is 0 Å². The van der Waals surface area contributed by atoms with Crippen LogP contribution >= 0.6 is 23.3 Å². The summed E-state index contributed by atoms with van der Waals surface area (Å²) < 4.78 is 4.43. The Morgan fingerprint density at radius 1 is 1.47 bits per heavy atom. The van der Waals surface area contributed by atoms with Crippen molar-refractivity contribution in [2.45, 2.75) is 36.9 Å². The maximum atomic E-state index is 4.15. The van der Waals surface area contributed by atoms with Crippen LogP contribution in [0.4, 0.5) is 5.13 Å². The molecule has 0 spiro atoms.